The zero-order chi connectivity index (χ0) is 12.3. The lowest BCUT2D eigenvalue weighted by Crippen LogP contribution is -2.29. The van der Waals surface area contributed by atoms with Crippen LogP contribution in [0, 0.1) is 12.7 Å². The molecule has 0 unspecified atom stereocenters. The molecule has 88 valence electrons. The Bertz CT molecular complexity index is 537. The third-order valence-corrected chi connectivity index (χ3v) is 2.29. The molecule has 0 aliphatic heterocycles. The number of para-hydroxylation sites is 1. The maximum absolute atomic E-state index is 13.2. The third kappa shape index (κ3) is 2.44. The monoisotopic (exact) mass is 234 g/mol. The summed E-state index contributed by atoms with van der Waals surface area (Å²) in [6, 6.07) is 7.62. The Morgan fingerprint density at radius 1 is 1.29 bits per heavy atom. The van der Waals surface area contributed by atoms with Crippen LogP contribution in [0.1, 0.15) is 16.1 Å². The van der Waals surface area contributed by atoms with Gasteiger partial charge in [-0.25, -0.2) is 4.39 Å². The van der Waals surface area contributed by atoms with E-state index in [0.29, 0.717) is 11.3 Å². The maximum atomic E-state index is 13.2. The SMILES string of the molecule is Cc1occc1C(=O)NNc1ccccc1F. The number of benzene rings is 1. The largest absolute Gasteiger partial charge is 0.469 e. The molecule has 1 aromatic heterocycles. The van der Waals surface area contributed by atoms with E-state index in [4.69, 9.17) is 4.42 Å². The van der Waals surface area contributed by atoms with Gasteiger partial charge >= 0.3 is 0 Å². The van der Waals surface area contributed by atoms with Crippen molar-refractivity contribution in [1.82, 2.24) is 5.43 Å². The van der Waals surface area contributed by atoms with E-state index >= 15 is 0 Å². The molecule has 0 aliphatic rings. The smallest absolute Gasteiger partial charge is 0.273 e. The molecule has 2 rings (SSSR count). The summed E-state index contributed by atoms with van der Waals surface area (Å²) in [5, 5.41) is 0. The Morgan fingerprint density at radius 3 is 2.71 bits per heavy atom. The number of hydrogen-bond acceptors (Lipinski definition) is 3. The Kier molecular flexibility index (Phi) is 3.09. The Hall–Kier alpha value is -2.30. The average Bonchev–Trinajstić information content (AvgIpc) is 2.74. The first kappa shape index (κ1) is 11.2. The molecule has 0 spiro atoms. The van der Waals surface area contributed by atoms with Crippen LogP contribution in [-0.4, -0.2) is 5.91 Å². The number of halogens is 1. The normalized spacial score (nSPS) is 10.0. The molecule has 0 radical (unpaired) electrons. The first-order valence-electron chi connectivity index (χ1n) is 5.03. The minimum atomic E-state index is -0.434. The Balaban J connectivity index is 2.02. The van der Waals surface area contributed by atoms with Gasteiger partial charge in [0, 0.05) is 0 Å². The fraction of sp³-hybridized carbons (Fsp3) is 0.0833. The first-order chi connectivity index (χ1) is 8.18. The van der Waals surface area contributed by atoms with Crippen molar-refractivity contribution >= 4 is 11.6 Å². The van der Waals surface area contributed by atoms with E-state index < -0.39 is 5.82 Å². The summed E-state index contributed by atoms with van der Waals surface area (Å²) >= 11 is 0. The summed E-state index contributed by atoms with van der Waals surface area (Å²) in [4.78, 5) is 11.7. The predicted molar refractivity (Wildman–Crippen MR) is 60.9 cm³/mol. The highest BCUT2D eigenvalue weighted by molar-refractivity contribution is 5.95. The second-order valence-corrected chi connectivity index (χ2v) is 3.45. The third-order valence-electron chi connectivity index (χ3n) is 2.29. The molecule has 2 N–H and O–H groups in total. The van der Waals surface area contributed by atoms with E-state index in [9.17, 15) is 9.18 Å². The molecule has 1 heterocycles. The standard InChI is InChI=1S/C12H11FN2O2/c1-8-9(6-7-17-8)12(16)15-14-11-5-3-2-4-10(11)13/h2-7,14H,1H3,(H,15,16). The second-order valence-electron chi connectivity index (χ2n) is 3.45. The summed E-state index contributed by atoms with van der Waals surface area (Å²) in [5.74, 6) is -0.297. The van der Waals surface area contributed by atoms with E-state index in [1.165, 1.54) is 18.4 Å². The number of hydrazine groups is 1. The van der Waals surface area contributed by atoms with E-state index in [-0.39, 0.29) is 11.6 Å². The van der Waals surface area contributed by atoms with E-state index in [2.05, 4.69) is 10.9 Å². The highest BCUT2D eigenvalue weighted by Crippen LogP contribution is 2.12. The molecule has 1 amide bonds. The van der Waals surface area contributed by atoms with Gasteiger partial charge in [-0.15, -0.1) is 0 Å². The van der Waals surface area contributed by atoms with Crippen molar-refractivity contribution in [3.05, 3.63) is 53.7 Å². The van der Waals surface area contributed by atoms with Crippen LogP contribution in [0.4, 0.5) is 10.1 Å². The summed E-state index contributed by atoms with van der Waals surface area (Å²) < 4.78 is 18.2. The van der Waals surface area contributed by atoms with Crippen LogP contribution in [0.25, 0.3) is 0 Å². The van der Waals surface area contributed by atoms with Crippen molar-refractivity contribution < 1.29 is 13.6 Å². The number of carbonyl (C=O) groups excluding carboxylic acids is 1. The molecule has 0 atom stereocenters. The lowest BCUT2D eigenvalue weighted by Gasteiger charge is -2.08. The Morgan fingerprint density at radius 2 is 2.06 bits per heavy atom. The van der Waals surface area contributed by atoms with Crippen LogP contribution >= 0.6 is 0 Å². The van der Waals surface area contributed by atoms with Crippen molar-refractivity contribution in [2.24, 2.45) is 0 Å². The molecule has 0 saturated carbocycles. The number of rotatable bonds is 3. The van der Waals surface area contributed by atoms with Crippen LogP contribution in [0.3, 0.4) is 0 Å². The van der Waals surface area contributed by atoms with Crippen molar-refractivity contribution in [3.8, 4) is 0 Å². The minimum absolute atomic E-state index is 0.210. The molecule has 17 heavy (non-hydrogen) atoms. The van der Waals surface area contributed by atoms with Gasteiger partial charge in [0.15, 0.2) is 0 Å². The van der Waals surface area contributed by atoms with Crippen molar-refractivity contribution in [3.63, 3.8) is 0 Å². The van der Waals surface area contributed by atoms with Gasteiger partial charge in [0.2, 0.25) is 0 Å². The first-order valence-corrected chi connectivity index (χ1v) is 5.03. The maximum Gasteiger partial charge on any atom is 0.273 e. The molecule has 0 fully saturated rings. The lowest BCUT2D eigenvalue weighted by atomic mass is 10.2. The Labute approximate surface area is 97.4 Å². The number of furan rings is 1. The molecule has 0 bridgehead atoms. The molecule has 1 aromatic carbocycles. The fourth-order valence-corrected chi connectivity index (χ4v) is 1.37. The van der Waals surface area contributed by atoms with Gasteiger partial charge in [-0.1, -0.05) is 12.1 Å². The molecule has 4 nitrogen and oxygen atoms in total. The van der Waals surface area contributed by atoms with Gasteiger partial charge in [-0.2, -0.15) is 0 Å². The number of hydrogen-bond donors (Lipinski definition) is 2. The van der Waals surface area contributed by atoms with Crippen LogP contribution in [-0.2, 0) is 0 Å². The van der Waals surface area contributed by atoms with E-state index in [1.54, 1.807) is 25.1 Å². The highest BCUT2D eigenvalue weighted by Gasteiger charge is 2.11. The van der Waals surface area contributed by atoms with E-state index in [1.807, 2.05) is 0 Å². The number of carbonyl (C=O) groups is 1. The average molecular weight is 234 g/mol. The topological polar surface area (TPSA) is 54.3 Å². The van der Waals surface area contributed by atoms with Crippen molar-refractivity contribution in [2.75, 3.05) is 5.43 Å². The summed E-state index contributed by atoms with van der Waals surface area (Å²) in [6.07, 6.45) is 1.42. The number of anilines is 1. The van der Waals surface area contributed by atoms with Gasteiger partial charge in [0.1, 0.15) is 11.6 Å². The van der Waals surface area contributed by atoms with Crippen molar-refractivity contribution in [2.45, 2.75) is 6.92 Å². The minimum Gasteiger partial charge on any atom is -0.469 e. The van der Waals surface area contributed by atoms with Crippen LogP contribution in [0.5, 0.6) is 0 Å². The van der Waals surface area contributed by atoms with Gasteiger partial charge in [0.05, 0.1) is 17.5 Å². The summed E-state index contributed by atoms with van der Waals surface area (Å²) in [6.45, 7) is 1.68. The predicted octanol–water partition coefficient (Wildman–Crippen LogP) is 2.48. The number of nitrogens with one attached hydrogen (secondary N) is 2. The van der Waals surface area contributed by atoms with Gasteiger partial charge in [0.25, 0.3) is 5.91 Å². The van der Waals surface area contributed by atoms with Crippen LogP contribution in [0.2, 0.25) is 0 Å². The van der Waals surface area contributed by atoms with Gasteiger partial charge < -0.3 is 4.42 Å². The van der Waals surface area contributed by atoms with Gasteiger partial charge in [-0.05, 0) is 25.1 Å². The zero-order valence-electron chi connectivity index (χ0n) is 9.16. The molecular formula is C12H11FN2O2. The number of amides is 1. The molecule has 5 heteroatoms. The number of aryl methyl sites for hydroxylation is 1. The van der Waals surface area contributed by atoms with E-state index in [0.717, 1.165) is 0 Å². The summed E-state index contributed by atoms with van der Waals surface area (Å²) in [5.41, 5.74) is 5.53. The van der Waals surface area contributed by atoms with Gasteiger partial charge in [-0.3, -0.25) is 15.6 Å². The zero-order valence-corrected chi connectivity index (χ0v) is 9.16. The van der Waals surface area contributed by atoms with Crippen LogP contribution < -0.4 is 10.9 Å². The second kappa shape index (κ2) is 4.69. The quantitative estimate of drug-likeness (QED) is 0.802. The fourth-order valence-electron chi connectivity index (χ4n) is 1.37. The molecular weight excluding hydrogens is 223 g/mol. The molecule has 2 aromatic rings. The van der Waals surface area contributed by atoms with Crippen LogP contribution in [0.15, 0.2) is 41.0 Å². The lowest BCUT2D eigenvalue weighted by molar-refractivity contribution is 0.0961. The highest BCUT2D eigenvalue weighted by atomic mass is 19.1. The molecule has 0 aliphatic carbocycles. The molecule has 0 saturated heterocycles. The summed E-state index contributed by atoms with van der Waals surface area (Å²) in [7, 11) is 0. The van der Waals surface area contributed by atoms with Crippen molar-refractivity contribution in [1.29, 1.82) is 0 Å².